The third kappa shape index (κ3) is 1.41. The Balaban J connectivity index is 2.43. The minimum atomic E-state index is -1.14. The van der Waals surface area contributed by atoms with Crippen LogP contribution in [0.2, 0.25) is 5.02 Å². The van der Waals surface area contributed by atoms with Crippen LogP contribution in [-0.2, 0) is 5.60 Å². The first-order chi connectivity index (χ1) is 6.12. The number of halogens is 2. The Morgan fingerprint density at radius 1 is 1.62 bits per heavy atom. The molecule has 1 saturated heterocycles. The summed E-state index contributed by atoms with van der Waals surface area (Å²) in [6, 6.07) is 1.41. The first-order valence-corrected chi connectivity index (χ1v) is 4.24. The highest BCUT2D eigenvalue weighted by Crippen LogP contribution is 2.28. The molecule has 13 heavy (non-hydrogen) atoms. The van der Waals surface area contributed by atoms with Gasteiger partial charge in [0.05, 0.1) is 5.02 Å². The lowest BCUT2D eigenvalue weighted by molar-refractivity contribution is -0.0182. The van der Waals surface area contributed by atoms with Crippen LogP contribution in [0.1, 0.15) is 5.56 Å². The number of nitrogens with one attached hydrogen (secondary N) is 1. The Bertz CT molecular complexity index is 341. The molecule has 1 aromatic heterocycles. The van der Waals surface area contributed by atoms with Crippen molar-refractivity contribution in [3.05, 3.63) is 28.8 Å². The summed E-state index contributed by atoms with van der Waals surface area (Å²) in [4.78, 5) is 3.44. The fourth-order valence-corrected chi connectivity index (χ4v) is 1.46. The number of nitrogens with zero attached hydrogens (tertiary/aromatic N) is 1. The average molecular weight is 203 g/mol. The molecule has 2 heterocycles. The van der Waals surface area contributed by atoms with Gasteiger partial charge in [0.1, 0.15) is 5.60 Å². The van der Waals surface area contributed by atoms with Gasteiger partial charge in [0.15, 0.2) is 0 Å². The van der Waals surface area contributed by atoms with Crippen LogP contribution in [0.4, 0.5) is 4.39 Å². The van der Waals surface area contributed by atoms with Crippen molar-refractivity contribution in [2.45, 2.75) is 5.60 Å². The van der Waals surface area contributed by atoms with Gasteiger partial charge in [0.25, 0.3) is 0 Å². The SMILES string of the molecule is OC1(c2cc(Cl)cnc2F)CNC1. The highest BCUT2D eigenvalue weighted by atomic mass is 35.5. The summed E-state index contributed by atoms with van der Waals surface area (Å²) in [7, 11) is 0. The minimum absolute atomic E-state index is 0.166. The van der Waals surface area contributed by atoms with Crippen LogP contribution in [0.15, 0.2) is 12.3 Å². The third-order valence-corrected chi connectivity index (χ3v) is 2.35. The Hall–Kier alpha value is -0.710. The smallest absolute Gasteiger partial charge is 0.219 e. The predicted molar refractivity (Wildman–Crippen MR) is 46.0 cm³/mol. The maximum absolute atomic E-state index is 13.1. The first kappa shape index (κ1) is 8.87. The van der Waals surface area contributed by atoms with E-state index in [0.717, 1.165) is 0 Å². The highest BCUT2D eigenvalue weighted by molar-refractivity contribution is 6.30. The zero-order chi connectivity index (χ0) is 9.47. The Morgan fingerprint density at radius 3 is 2.85 bits per heavy atom. The molecule has 0 spiro atoms. The van der Waals surface area contributed by atoms with Crippen LogP contribution in [0.5, 0.6) is 0 Å². The summed E-state index contributed by atoms with van der Waals surface area (Å²) in [6.07, 6.45) is 1.22. The zero-order valence-corrected chi connectivity index (χ0v) is 7.48. The zero-order valence-electron chi connectivity index (χ0n) is 6.72. The van der Waals surface area contributed by atoms with E-state index in [4.69, 9.17) is 11.6 Å². The molecule has 0 amide bonds. The molecule has 2 rings (SSSR count). The quantitative estimate of drug-likeness (QED) is 0.658. The van der Waals surface area contributed by atoms with Gasteiger partial charge in [-0.3, -0.25) is 0 Å². The molecular weight excluding hydrogens is 195 g/mol. The van der Waals surface area contributed by atoms with Gasteiger partial charge >= 0.3 is 0 Å². The van der Waals surface area contributed by atoms with Crippen LogP contribution < -0.4 is 5.32 Å². The average Bonchev–Trinajstić information content (AvgIpc) is 2.05. The molecule has 5 heteroatoms. The van der Waals surface area contributed by atoms with E-state index in [9.17, 15) is 9.50 Å². The number of hydrogen-bond acceptors (Lipinski definition) is 3. The van der Waals surface area contributed by atoms with Crippen LogP contribution in [0.3, 0.4) is 0 Å². The summed E-state index contributed by atoms with van der Waals surface area (Å²) in [6.45, 7) is 0.678. The lowest BCUT2D eigenvalue weighted by Gasteiger charge is -2.37. The minimum Gasteiger partial charge on any atom is -0.382 e. The molecule has 1 aromatic rings. The Labute approximate surface area is 79.6 Å². The van der Waals surface area contributed by atoms with Gasteiger partial charge in [0.2, 0.25) is 5.95 Å². The van der Waals surface area contributed by atoms with Crippen molar-refractivity contribution in [1.82, 2.24) is 10.3 Å². The summed E-state index contributed by atoms with van der Waals surface area (Å²) in [5, 5.41) is 13.0. The number of aromatic nitrogens is 1. The molecule has 0 radical (unpaired) electrons. The molecule has 0 bridgehead atoms. The van der Waals surface area contributed by atoms with E-state index in [0.29, 0.717) is 18.1 Å². The molecule has 2 N–H and O–H groups in total. The fraction of sp³-hybridized carbons (Fsp3) is 0.375. The van der Waals surface area contributed by atoms with E-state index < -0.39 is 11.5 Å². The summed E-state index contributed by atoms with van der Waals surface area (Å²) >= 11 is 5.64. The normalized spacial score (nSPS) is 19.6. The number of β-amino-alcohol motifs (C(OH)–C–C–N with tert-alkyl or cyclic N) is 1. The molecule has 3 nitrogen and oxygen atoms in total. The maximum Gasteiger partial charge on any atom is 0.219 e. The molecule has 0 atom stereocenters. The Kier molecular flexibility index (Phi) is 1.98. The lowest BCUT2D eigenvalue weighted by atomic mass is 9.89. The van der Waals surface area contributed by atoms with Crippen molar-refractivity contribution < 1.29 is 9.50 Å². The molecule has 0 unspecified atom stereocenters. The third-order valence-electron chi connectivity index (χ3n) is 2.14. The topological polar surface area (TPSA) is 45.2 Å². The molecule has 70 valence electrons. The molecular formula is C8H8ClFN2O. The van der Waals surface area contributed by atoms with E-state index >= 15 is 0 Å². The molecule has 0 aliphatic carbocycles. The van der Waals surface area contributed by atoms with Crippen LogP contribution >= 0.6 is 11.6 Å². The second-order valence-electron chi connectivity index (χ2n) is 3.13. The molecule has 0 aromatic carbocycles. The monoisotopic (exact) mass is 202 g/mol. The van der Waals surface area contributed by atoms with Crippen LogP contribution in [0.25, 0.3) is 0 Å². The van der Waals surface area contributed by atoms with Crippen LogP contribution in [0, 0.1) is 5.95 Å². The van der Waals surface area contributed by atoms with Gasteiger partial charge in [-0.1, -0.05) is 11.6 Å². The van der Waals surface area contributed by atoms with Crippen LogP contribution in [-0.4, -0.2) is 23.2 Å². The highest BCUT2D eigenvalue weighted by Gasteiger charge is 2.39. The van der Waals surface area contributed by atoms with Crippen molar-refractivity contribution in [3.8, 4) is 0 Å². The van der Waals surface area contributed by atoms with E-state index in [-0.39, 0.29) is 5.56 Å². The van der Waals surface area contributed by atoms with Crippen molar-refractivity contribution >= 4 is 11.6 Å². The van der Waals surface area contributed by atoms with Crippen molar-refractivity contribution in [1.29, 1.82) is 0 Å². The number of rotatable bonds is 1. The molecule has 1 fully saturated rings. The predicted octanol–water partition coefficient (Wildman–Crippen LogP) is 0.665. The van der Waals surface area contributed by atoms with E-state index in [1.807, 2.05) is 0 Å². The molecule has 1 aliphatic heterocycles. The number of hydrogen-bond donors (Lipinski definition) is 2. The lowest BCUT2D eigenvalue weighted by Crippen LogP contribution is -2.57. The van der Waals surface area contributed by atoms with E-state index in [1.54, 1.807) is 0 Å². The van der Waals surface area contributed by atoms with Crippen molar-refractivity contribution in [2.75, 3.05) is 13.1 Å². The van der Waals surface area contributed by atoms with Gasteiger partial charge in [-0.05, 0) is 6.07 Å². The van der Waals surface area contributed by atoms with Gasteiger partial charge in [-0.2, -0.15) is 4.39 Å². The van der Waals surface area contributed by atoms with Crippen molar-refractivity contribution in [3.63, 3.8) is 0 Å². The summed E-state index contributed by atoms with van der Waals surface area (Å²) < 4.78 is 13.1. The maximum atomic E-state index is 13.1. The summed E-state index contributed by atoms with van der Waals surface area (Å²) in [5.41, 5.74) is -0.971. The molecule has 1 aliphatic rings. The van der Waals surface area contributed by atoms with Crippen molar-refractivity contribution in [2.24, 2.45) is 0 Å². The summed E-state index contributed by atoms with van der Waals surface area (Å²) in [5.74, 6) is -0.659. The van der Waals surface area contributed by atoms with Gasteiger partial charge in [-0.15, -0.1) is 0 Å². The standard InChI is InChI=1S/C8H8ClFN2O/c9-5-1-6(7(10)12-2-5)8(13)3-11-4-8/h1-2,11,13H,3-4H2. The van der Waals surface area contributed by atoms with Gasteiger partial charge in [-0.25, -0.2) is 4.98 Å². The Morgan fingerprint density at radius 2 is 2.31 bits per heavy atom. The second kappa shape index (κ2) is 2.90. The number of aliphatic hydroxyl groups is 1. The first-order valence-electron chi connectivity index (χ1n) is 3.86. The van der Waals surface area contributed by atoms with E-state index in [1.165, 1.54) is 12.3 Å². The van der Waals surface area contributed by atoms with Gasteiger partial charge < -0.3 is 10.4 Å². The number of pyridine rings is 1. The fourth-order valence-electron chi connectivity index (χ4n) is 1.30. The molecule has 0 saturated carbocycles. The van der Waals surface area contributed by atoms with Gasteiger partial charge in [0, 0.05) is 24.8 Å². The second-order valence-corrected chi connectivity index (χ2v) is 3.56. The largest absolute Gasteiger partial charge is 0.382 e. The van der Waals surface area contributed by atoms with E-state index in [2.05, 4.69) is 10.3 Å².